The Labute approximate surface area is 158 Å². The Kier molecular flexibility index (Phi) is 5.58. The maximum Gasteiger partial charge on any atom is 0.387 e. The first-order valence-electron chi connectivity index (χ1n) is 8.31. The molecule has 2 aromatic carbocycles. The highest BCUT2D eigenvalue weighted by Gasteiger charge is 2.21. The molecule has 146 valence electrons. The zero-order valence-corrected chi connectivity index (χ0v) is 14.7. The van der Waals surface area contributed by atoms with Crippen LogP contribution in [0.4, 0.5) is 8.78 Å². The van der Waals surface area contributed by atoms with Gasteiger partial charge in [-0.05, 0) is 43.3 Å². The molecule has 0 saturated heterocycles. The van der Waals surface area contributed by atoms with E-state index in [2.05, 4.69) is 4.74 Å². The van der Waals surface area contributed by atoms with Crippen LogP contribution in [0, 0.1) is 0 Å². The molecule has 0 spiro atoms. The van der Waals surface area contributed by atoms with E-state index in [0.717, 1.165) is 0 Å². The fourth-order valence-corrected chi connectivity index (χ4v) is 2.69. The first-order valence-corrected chi connectivity index (χ1v) is 8.31. The van der Waals surface area contributed by atoms with E-state index in [9.17, 15) is 23.5 Å². The van der Waals surface area contributed by atoms with Gasteiger partial charge in [-0.2, -0.15) is 8.78 Å². The maximum atomic E-state index is 12.4. The molecular weight excluding hydrogens is 374 g/mol. The average molecular weight is 390 g/mol. The molecule has 6 nitrogen and oxygen atoms in total. The third-order valence-corrected chi connectivity index (χ3v) is 4.02. The standard InChI is InChI=1S/C20H16F2O6/c1-11(19(25)12-2-5-15(6-3-12)28-20(21)22)27-18(24)8-13-10-26-17-9-14(23)4-7-16(13)17/h2-7,9-11,20,23H,8H2,1H3/t11-/m1/s1. The van der Waals surface area contributed by atoms with Gasteiger partial charge < -0.3 is 19.0 Å². The van der Waals surface area contributed by atoms with Gasteiger partial charge in [-0.25, -0.2) is 0 Å². The number of phenols is 1. The number of carbonyl (C=O) groups excluding carboxylic acids is 2. The number of Topliss-reactive ketones (excluding diaryl/α,β-unsaturated/α-hetero) is 1. The highest BCUT2D eigenvalue weighted by Crippen LogP contribution is 2.25. The highest BCUT2D eigenvalue weighted by atomic mass is 19.3. The van der Waals surface area contributed by atoms with Gasteiger partial charge in [0.1, 0.15) is 17.1 Å². The Morgan fingerprint density at radius 1 is 1.14 bits per heavy atom. The van der Waals surface area contributed by atoms with Gasteiger partial charge in [0.15, 0.2) is 6.10 Å². The van der Waals surface area contributed by atoms with Crippen LogP contribution in [0.3, 0.4) is 0 Å². The van der Waals surface area contributed by atoms with E-state index in [1.807, 2.05) is 0 Å². The fraction of sp³-hybridized carbons (Fsp3) is 0.200. The number of hydrogen-bond acceptors (Lipinski definition) is 6. The molecule has 0 bridgehead atoms. The van der Waals surface area contributed by atoms with Crippen LogP contribution in [0.15, 0.2) is 53.1 Å². The number of fused-ring (bicyclic) bond motifs is 1. The van der Waals surface area contributed by atoms with Crippen molar-refractivity contribution in [1.29, 1.82) is 0 Å². The molecule has 0 radical (unpaired) electrons. The molecule has 0 aliphatic rings. The summed E-state index contributed by atoms with van der Waals surface area (Å²) in [4.78, 5) is 24.5. The number of alkyl halides is 2. The quantitative estimate of drug-likeness (QED) is 0.483. The molecule has 3 rings (SSSR count). The topological polar surface area (TPSA) is 86.0 Å². The summed E-state index contributed by atoms with van der Waals surface area (Å²) < 4.78 is 39.0. The van der Waals surface area contributed by atoms with Crippen LogP contribution < -0.4 is 4.74 Å². The fourth-order valence-electron chi connectivity index (χ4n) is 2.69. The summed E-state index contributed by atoms with van der Waals surface area (Å²) in [5, 5.41) is 10.1. The third-order valence-electron chi connectivity index (χ3n) is 4.02. The number of aromatic hydroxyl groups is 1. The van der Waals surface area contributed by atoms with Gasteiger partial charge in [0.2, 0.25) is 5.78 Å². The molecule has 0 amide bonds. The molecular formula is C20H16F2O6. The second-order valence-corrected chi connectivity index (χ2v) is 6.02. The van der Waals surface area contributed by atoms with Crippen molar-refractivity contribution in [3.05, 3.63) is 59.9 Å². The lowest BCUT2D eigenvalue weighted by Gasteiger charge is -2.12. The van der Waals surface area contributed by atoms with Gasteiger partial charge in [0, 0.05) is 22.6 Å². The lowest BCUT2D eigenvalue weighted by Crippen LogP contribution is -2.25. The molecule has 0 aliphatic carbocycles. The van der Waals surface area contributed by atoms with E-state index in [0.29, 0.717) is 16.5 Å². The van der Waals surface area contributed by atoms with Crippen LogP contribution >= 0.6 is 0 Å². The van der Waals surface area contributed by atoms with Crippen molar-refractivity contribution < 1.29 is 37.4 Å². The van der Waals surface area contributed by atoms with Crippen molar-refractivity contribution in [1.82, 2.24) is 0 Å². The van der Waals surface area contributed by atoms with Crippen LogP contribution in [0.1, 0.15) is 22.8 Å². The van der Waals surface area contributed by atoms with Crippen LogP contribution in [-0.2, 0) is 16.0 Å². The molecule has 3 aromatic rings. The Bertz CT molecular complexity index is 994. The predicted octanol–water partition coefficient (Wildman–Crippen LogP) is 4.10. The summed E-state index contributed by atoms with van der Waals surface area (Å²) in [6.45, 7) is -1.53. The smallest absolute Gasteiger partial charge is 0.387 e. The van der Waals surface area contributed by atoms with Gasteiger partial charge in [-0.1, -0.05) is 0 Å². The number of carbonyl (C=O) groups is 2. The zero-order valence-electron chi connectivity index (χ0n) is 14.7. The van der Waals surface area contributed by atoms with Gasteiger partial charge in [0.05, 0.1) is 12.7 Å². The van der Waals surface area contributed by atoms with Crippen molar-refractivity contribution >= 4 is 22.7 Å². The van der Waals surface area contributed by atoms with Gasteiger partial charge in [-0.15, -0.1) is 0 Å². The normalized spacial score (nSPS) is 12.1. The van der Waals surface area contributed by atoms with Crippen molar-refractivity contribution in [3.8, 4) is 11.5 Å². The first-order chi connectivity index (χ1) is 13.3. The van der Waals surface area contributed by atoms with Crippen molar-refractivity contribution in [2.24, 2.45) is 0 Å². The highest BCUT2D eigenvalue weighted by molar-refractivity contribution is 6.00. The zero-order chi connectivity index (χ0) is 20.3. The Hall–Kier alpha value is -3.42. The van der Waals surface area contributed by atoms with Gasteiger partial charge >= 0.3 is 12.6 Å². The molecule has 1 N–H and O–H groups in total. The molecule has 28 heavy (non-hydrogen) atoms. The summed E-state index contributed by atoms with van der Waals surface area (Å²) in [6.07, 6.45) is 0.215. The minimum Gasteiger partial charge on any atom is -0.508 e. The molecule has 0 fully saturated rings. The van der Waals surface area contributed by atoms with E-state index in [-0.39, 0.29) is 23.5 Å². The largest absolute Gasteiger partial charge is 0.508 e. The summed E-state index contributed by atoms with van der Waals surface area (Å²) in [7, 11) is 0. The number of hydrogen-bond donors (Lipinski definition) is 1. The second kappa shape index (κ2) is 8.08. The van der Waals surface area contributed by atoms with Crippen LogP contribution in [-0.4, -0.2) is 29.6 Å². The maximum absolute atomic E-state index is 12.4. The SMILES string of the molecule is C[C@@H](OC(=O)Cc1coc2cc(O)ccc12)C(=O)c1ccc(OC(F)F)cc1. The molecule has 1 aromatic heterocycles. The van der Waals surface area contributed by atoms with Crippen molar-refractivity contribution in [3.63, 3.8) is 0 Å². The number of furan rings is 1. The van der Waals surface area contributed by atoms with Gasteiger partial charge in [0.25, 0.3) is 0 Å². The van der Waals surface area contributed by atoms with Crippen LogP contribution in [0.2, 0.25) is 0 Å². The molecule has 8 heteroatoms. The number of rotatable bonds is 7. The van der Waals surface area contributed by atoms with Crippen molar-refractivity contribution in [2.45, 2.75) is 26.1 Å². The van der Waals surface area contributed by atoms with E-state index >= 15 is 0 Å². The average Bonchev–Trinajstić information content (AvgIpc) is 3.02. The molecule has 1 heterocycles. The minimum absolute atomic E-state index is 0.0418. The molecule has 0 saturated carbocycles. The molecule has 0 unspecified atom stereocenters. The number of phenolic OH excluding ortho intramolecular Hbond substituents is 1. The van der Waals surface area contributed by atoms with E-state index in [1.54, 1.807) is 6.07 Å². The van der Waals surface area contributed by atoms with Crippen molar-refractivity contribution in [2.75, 3.05) is 0 Å². The lowest BCUT2D eigenvalue weighted by atomic mass is 10.1. The molecule has 0 aliphatic heterocycles. The first kappa shape index (κ1) is 19.3. The van der Waals surface area contributed by atoms with E-state index < -0.39 is 24.5 Å². The molecule has 1 atom stereocenters. The van der Waals surface area contributed by atoms with E-state index in [1.165, 1.54) is 49.6 Å². The minimum atomic E-state index is -2.95. The Morgan fingerprint density at radius 3 is 2.54 bits per heavy atom. The summed E-state index contributed by atoms with van der Waals surface area (Å²) in [5.74, 6) is -1.14. The Balaban J connectivity index is 1.62. The number of halogens is 2. The summed E-state index contributed by atoms with van der Waals surface area (Å²) in [5.41, 5.74) is 1.19. The van der Waals surface area contributed by atoms with Gasteiger partial charge in [-0.3, -0.25) is 9.59 Å². The summed E-state index contributed by atoms with van der Waals surface area (Å²) in [6, 6.07) is 9.63. The third kappa shape index (κ3) is 4.46. The van der Waals surface area contributed by atoms with Crippen LogP contribution in [0.25, 0.3) is 11.0 Å². The number of benzene rings is 2. The lowest BCUT2D eigenvalue weighted by molar-refractivity contribution is -0.145. The Morgan fingerprint density at radius 2 is 1.86 bits per heavy atom. The monoisotopic (exact) mass is 390 g/mol. The van der Waals surface area contributed by atoms with E-state index in [4.69, 9.17) is 9.15 Å². The number of ketones is 1. The second-order valence-electron chi connectivity index (χ2n) is 6.02. The summed E-state index contributed by atoms with van der Waals surface area (Å²) >= 11 is 0. The van der Waals surface area contributed by atoms with Crippen LogP contribution in [0.5, 0.6) is 11.5 Å². The predicted molar refractivity (Wildman–Crippen MR) is 94.5 cm³/mol. The number of esters is 1. The number of ether oxygens (including phenoxy) is 2.